The van der Waals surface area contributed by atoms with Crippen LogP contribution >= 0.6 is 0 Å². The summed E-state index contributed by atoms with van der Waals surface area (Å²) in [7, 11) is -0.112. The largest absolute Gasteiger partial charge is 1.00 e. The van der Waals surface area contributed by atoms with E-state index in [4.69, 9.17) is 0 Å². The second-order valence-electron chi connectivity index (χ2n) is 1.74. The quantitative estimate of drug-likeness (QED) is 0.361. The van der Waals surface area contributed by atoms with E-state index < -0.39 is 0 Å². The molecule has 0 heterocycles. The minimum atomic E-state index is -0.112. The van der Waals surface area contributed by atoms with E-state index in [1.165, 1.54) is 0 Å². The van der Waals surface area contributed by atoms with Gasteiger partial charge in [-0.05, 0) is 0 Å². The van der Waals surface area contributed by atoms with Crippen molar-refractivity contribution in [2.45, 2.75) is 19.9 Å². The van der Waals surface area contributed by atoms with Crippen LogP contribution in [0, 0.1) is 5.92 Å². The molecule has 0 aliphatic heterocycles. The van der Waals surface area contributed by atoms with E-state index in [9.17, 15) is 4.80 Å². The fourth-order valence-corrected chi connectivity index (χ4v) is 0.500. The van der Waals surface area contributed by atoms with Crippen molar-refractivity contribution in [2.75, 3.05) is 0 Å². The standard InChI is InChI=1S/C4H9OSi.Na/c1-4(2)3-6-5;/h4H,3H2,1-2H3;/q-1;+1. The van der Waals surface area contributed by atoms with Crippen LogP contribution in [0.3, 0.4) is 0 Å². The van der Waals surface area contributed by atoms with E-state index in [0.29, 0.717) is 5.92 Å². The van der Waals surface area contributed by atoms with Crippen LogP contribution < -0.4 is 34.4 Å². The first kappa shape index (κ1) is 11.0. The molecule has 36 valence electrons. The molecule has 0 N–H and O–H groups in total. The molecule has 0 atom stereocenters. The average molecular weight is 124 g/mol. The van der Waals surface area contributed by atoms with Crippen LogP contribution in [0.4, 0.5) is 0 Å². The maximum atomic E-state index is 9.77. The number of hydrogen-bond acceptors (Lipinski definition) is 1. The summed E-state index contributed by atoms with van der Waals surface area (Å²) < 4.78 is 0. The van der Waals surface area contributed by atoms with Gasteiger partial charge in [-0.25, -0.2) is 0 Å². The molecular weight excluding hydrogens is 115 g/mol. The smallest absolute Gasteiger partial charge is 0.863 e. The first-order valence-electron chi connectivity index (χ1n) is 2.12. The van der Waals surface area contributed by atoms with Gasteiger partial charge in [-0.15, -0.1) is 0 Å². The van der Waals surface area contributed by atoms with Crippen molar-refractivity contribution < 1.29 is 34.4 Å². The molecule has 0 unspecified atom stereocenters. The molecule has 2 radical (unpaired) electrons. The zero-order valence-electron chi connectivity index (χ0n) is 5.19. The summed E-state index contributed by atoms with van der Waals surface area (Å²) >= 11 is 0. The Hall–Kier alpha value is 1.18. The van der Waals surface area contributed by atoms with Gasteiger partial charge in [-0.2, -0.15) is 0 Å². The molecule has 0 spiro atoms. The number of hydrogen-bond donors (Lipinski definition) is 0. The summed E-state index contributed by atoms with van der Waals surface area (Å²) in [6.07, 6.45) is 0. The van der Waals surface area contributed by atoms with Gasteiger partial charge in [0.2, 0.25) is 0 Å². The summed E-state index contributed by atoms with van der Waals surface area (Å²) in [6.45, 7) is 4.12. The Morgan fingerprint density at radius 1 is 1.57 bits per heavy atom. The molecular formula is C4H9NaOSi. The Morgan fingerprint density at radius 3 is 2.00 bits per heavy atom. The third-order valence-corrected chi connectivity index (χ3v) is 1.47. The average Bonchev–Trinajstić information content (AvgIpc) is 1.35. The molecule has 1 nitrogen and oxygen atoms in total. The Morgan fingerprint density at radius 2 is 2.00 bits per heavy atom. The van der Waals surface area contributed by atoms with Gasteiger partial charge in [-0.1, -0.05) is 35.6 Å². The van der Waals surface area contributed by atoms with E-state index in [2.05, 4.69) is 13.8 Å². The minimum absolute atomic E-state index is 0. The van der Waals surface area contributed by atoms with Crippen LogP contribution in [0.1, 0.15) is 13.8 Å². The Labute approximate surface area is 69.7 Å². The summed E-state index contributed by atoms with van der Waals surface area (Å²) in [4.78, 5) is 9.77. The summed E-state index contributed by atoms with van der Waals surface area (Å²) in [5, 5.41) is 0. The molecule has 0 saturated carbocycles. The zero-order valence-corrected chi connectivity index (χ0v) is 8.19. The molecule has 3 heteroatoms. The van der Waals surface area contributed by atoms with Crippen LogP contribution in [0.5, 0.6) is 0 Å². The molecule has 7 heavy (non-hydrogen) atoms. The van der Waals surface area contributed by atoms with Gasteiger partial charge in [-0.3, -0.25) is 0 Å². The fourth-order valence-electron chi connectivity index (χ4n) is 0.167. The van der Waals surface area contributed by atoms with Crippen molar-refractivity contribution in [3.8, 4) is 0 Å². The maximum Gasteiger partial charge on any atom is 1.00 e. The van der Waals surface area contributed by atoms with E-state index in [1.54, 1.807) is 0 Å². The van der Waals surface area contributed by atoms with Gasteiger partial charge in [0.1, 0.15) is 0 Å². The first-order valence-corrected chi connectivity index (χ1v) is 3.24. The topological polar surface area (TPSA) is 23.1 Å². The first-order chi connectivity index (χ1) is 2.77. The zero-order chi connectivity index (χ0) is 4.99. The van der Waals surface area contributed by atoms with Crippen LogP contribution in [-0.2, 0) is 0 Å². The van der Waals surface area contributed by atoms with Gasteiger partial charge in [0.15, 0.2) is 0 Å². The van der Waals surface area contributed by atoms with Gasteiger partial charge < -0.3 is 4.80 Å². The third-order valence-electron chi connectivity index (χ3n) is 0.492. The van der Waals surface area contributed by atoms with E-state index in [1.807, 2.05) is 0 Å². The van der Waals surface area contributed by atoms with E-state index in [-0.39, 0.29) is 39.3 Å². The van der Waals surface area contributed by atoms with Crippen molar-refractivity contribution in [1.82, 2.24) is 0 Å². The normalized spacial score (nSPS) is 8.57. The van der Waals surface area contributed by atoms with Crippen molar-refractivity contribution in [1.29, 1.82) is 0 Å². The van der Waals surface area contributed by atoms with Gasteiger partial charge in [0, 0.05) is 0 Å². The predicted molar refractivity (Wildman–Crippen MR) is 25.4 cm³/mol. The summed E-state index contributed by atoms with van der Waals surface area (Å²) in [5.74, 6) is 0.598. The van der Waals surface area contributed by atoms with Crippen molar-refractivity contribution in [2.24, 2.45) is 5.92 Å². The molecule has 0 saturated heterocycles. The van der Waals surface area contributed by atoms with E-state index in [0.717, 1.165) is 6.04 Å². The molecule has 0 rings (SSSR count). The Bertz CT molecular complexity index is 32.9. The molecule has 0 aromatic heterocycles. The molecule has 0 aromatic rings. The molecule has 0 aliphatic rings. The maximum absolute atomic E-state index is 9.77. The van der Waals surface area contributed by atoms with Crippen LogP contribution in [0.25, 0.3) is 0 Å². The van der Waals surface area contributed by atoms with Crippen LogP contribution in [0.2, 0.25) is 6.04 Å². The monoisotopic (exact) mass is 124 g/mol. The van der Waals surface area contributed by atoms with E-state index >= 15 is 0 Å². The molecule has 0 bridgehead atoms. The molecule has 0 amide bonds. The second-order valence-corrected chi connectivity index (χ2v) is 2.44. The van der Waals surface area contributed by atoms with Crippen LogP contribution in [0.15, 0.2) is 0 Å². The SMILES string of the molecule is CC(C)C[Si][O-].[Na+]. The fraction of sp³-hybridized carbons (Fsp3) is 1.00. The number of rotatable bonds is 2. The Kier molecular flexibility index (Phi) is 11.3. The van der Waals surface area contributed by atoms with Crippen molar-refractivity contribution in [3.05, 3.63) is 0 Å². The molecule has 0 aromatic carbocycles. The predicted octanol–water partition coefficient (Wildman–Crippen LogP) is -2.96. The molecule has 0 fully saturated rings. The van der Waals surface area contributed by atoms with Crippen molar-refractivity contribution in [3.63, 3.8) is 0 Å². The second kappa shape index (κ2) is 7.18. The van der Waals surface area contributed by atoms with Crippen molar-refractivity contribution >= 4 is 9.76 Å². The van der Waals surface area contributed by atoms with Gasteiger partial charge in [0.05, 0.1) is 0 Å². The third kappa shape index (κ3) is 11.0. The van der Waals surface area contributed by atoms with Gasteiger partial charge in [0.25, 0.3) is 0 Å². The minimum Gasteiger partial charge on any atom is -0.863 e. The van der Waals surface area contributed by atoms with Gasteiger partial charge >= 0.3 is 29.6 Å². The summed E-state index contributed by atoms with van der Waals surface area (Å²) in [6, 6.07) is 0.847. The Balaban J connectivity index is 0. The van der Waals surface area contributed by atoms with Crippen LogP contribution in [-0.4, -0.2) is 9.76 Å². The summed E-state index contributed by atoms with van der Waals surface area (Å²) in [5.41, 5.74) is 0. The molecule has 0 aliphatic carbocycles.